The van der Waals surface area contributed by atoms with Crippen LogP contribution < -0.4 is 5.32 Å². The number of nitrogens with zero attached hydrogens (tertiary/aromatic N) is 3. The molecule has 0 unspecified atom stereocenters. The van der Waals surface area contributed by atoms with Gasteiger partial charge in [-0.05, 0) is 20.8 Å². The molecule has 0 amide bonds. The number of rotatable bonds is 5. The van der Waals surface area contributed by atoms with E-state index in [1.807, 2.05) is 6.20 Å². The molecule has 0 aliphatic rings. The summed E-state index contributed by atoms with van der Waals surface area (Å²) in [5, 5.41) is 11.4. The van der Waals surface area contributed by atoms with Gasteiger partial charge in [0.05, 0.1) is 18.8 Å². The van der Waals surface area contributed by atoms with Crippen molar-refractivity contribution in [1.29, 1.82) is 0 Å². The maximum Gasteiger partial charge on any atom is 0.0965 e. The lowest BCUT2D eigenvalue weighted by atomic mass is 10.1. The fourth-order valence-electron chi connectivity index (χ4n) is 1.07. The molecule has 0 spiro atoms. The molecule has 0 bridgehead atoms. The Bertz CT molecular complexity index is 290. The summed E-state index contributed by atoms with van der Waals surface area (Å²) in [6, 6.07) is 0. The Hall–Kier alpha value is -0.940. The molecule has 5 heteroatoms. The van der Waals surface area contributed by atoms with Crippen molar-refractivity contribution >= 4 is 0 Å². The van der Waals surface area contributed by atoms with Gasteiger partial charge in [-0.1, -0.05) is 5.21 Å². The summed E-state index contributed by atoms with van der Waals surface area (Å²) in [5.41, 5.74) is 1.07. The minimum atomic E-state index is 0.107. The van der Waals surface area contributed by atoms with Gasteiger partial charge >= 0.3 is 0 Å². The second kappa shape index (κ2) is 5.23. The lowest BCUT2D eigenvalue weighted by Crippen LogP contribution is -2.35. The summed E-state index contributed by atoms with van der Waals surface area (Å²) in [5.74, 6) is 0. The maximum absolute atomic E-state index is 4.97. The molecule has 0 aliphatic heterocycles. The third kappa shape index (κ3) is 4.90. The van der Waals surface area contributed by atoms with Crippen LogP contribution in [0.2, 0.25) is 0 Å². The monoisotopic (exact) mass is 212 g/mol. The van der Waals surface area contributed by atoms with Crippen molar-refractivity contribution in [1.82, 2.24) is 20.3 Å². The van der Waals surface area contributed by atoms with Crippen molar-refractivity contribution in [2.75, 3.05) is 13.7 Å². The Kier molecular flexibility index (Phi) is 4.23. The quantitative estimate of drug-likeness (QED) is 0.785. The first-order valence-corrected chi connectivity index (χ1v) is 5.14. The van der Waals surface area contributed by atoms with Gasteiger partial charge < -0.3 is 10.1 Å². The first kappa shape index (κ1) is 12.1. The largest absolute Gasteiger partial charge is 0.383 e. The number of ether oxygens (including phenoxy) is 1. The highest BCUT2D eigenvalue weighted by Crippen LogP contribution is 2.01. The molecule has 0 fully saturated rings. The summed E-state index contributed by atoms with van der Waals surface area (Å²) in [6.45, 7) is 8.54. The van der Waals surface area contributed by atoms with Crippen LogP contribution in [-0.4, -0.2) is 34.2 Å². The molecule has 86 valence electrons. The van der Waals surface area contributed by atoms with Gasteiger partial charge in [-0.2, -0.15) is 0 Å². The van der Waals surface area contributed by atoms with E-state index in [1.165, 1.54) is 0 Å². The SMILES string of the molecule is COCCn1cc(CNC(C)(C)C)nn1. The summed E-state index contributed by atoms with van der Waals surface area (Å²) in [4.78, 5) is 0. The van der Waals surface area contributed by atoms with Crippen molar-refractivity contribution in [3.05, 3.63) is 11.9 Å². The van der Waals surface area contributed by atoms with Crippen molar-refractivity contribution in [3.8, 4) is 0 Å². The van der Waals surface area contributed by atoms with Gasteiger partial charge in [0.25, 0.3) is 0 Å². The molecule has 5 nitrogen and oxygen atoms in total. The van der Waals surface area contributed by atoms with Gasteiger partial charge in [-0.15, -0.1) is 5.10 Å². The molecule has 0 aromatic carbocycles. The molecule has 15 heavy (non-hydrogen) atoms. The van der Waals surface area contributed by atoms with E-state index in [-0.39, 0.29) is 5.54 Å². The van der Waals surface area contributed by atoms with E-state index in [4.69, 9.17) is 4.74 Å². The Labute approximate surface area is 90.8 Å². The Morgan fingerprint density at radius 2 is 2.20 bits per heavy atom. The van der Waals surface area contributed by atoms with Crippen molar-refractivity contribution in [3.63, 3.8) is 0 Å². The van der Waals surface area contributed by atoms with E-state index < -0.39 is 0 Å². The fourth-order valence-corrected chi connectivity index (χ4v) is 1.07. The molecule has 0 radical (unpaired) electrons. The lowest BCUT2D eigenvalue weighted by Gasteiger charge is -2.19. The number of hydrogen-bond donors (Lipinski definition) is 1. The molecular formula is C10H20N4O. The molecule has 0 atom stereocenters. The van der Waals surface area contributed by atoms with E-state index >= 15 is 0 Å². The molecule has 1 aromatic rings. The normalized spacial score (nSPS) is 12.0. The molecule has 1 rings (SSSR count). The van der Waals surface area contributed by atoms with Crippen LogP contribution in [0.4, 0.5) is 0 Å². The van der Waals surface area contributed by atoms with Crippen molar-refractivity contribution in [2.45, 2.75) is 39.4 Å². The lowest BCUT2D eigenvalue weighted by molar-refractivity contribution is 0.183. The zero-order chi connectivity index (χ0) is 11.3. The van der Waals surface area contributed by atoms with Crippen LogP contribution in [0.25, 0.3) is 0 Å². The van der Waals surface area contributed by atoms with Gasteiger partial charge in [0, 0.05) is 25.4 Å². The zero-order valence-electron chi connectivity index (χ0n) is 9.95. The maximum atomic E-state index is 4.97. The summed E-state index contributed by atoms with van der Waals surface area (Å²) in [6.07, 6.45) is 1.94. The second-order valence-electron chi connectivity index (χ2n) is 4.57. The highest BCUT2D eigenvalue weighted by atomic mass is 16.5. The molecule has 1 aromatic heterocycles. The van der Waals surface area contributed by atoms with Gasteiger partial charge in [-0.25, -0.2) is 4.68 Å². The first-order valence-electron chi connectivity index (χ1n) is 5.14. The standard InChI is InChI=1S/C10H20N4O/c1-10(2,3)11-7-9-8-14(13-12-9)5-6-15-4/h8,11H,5-7H2,1-4H3. The van der Waals surface area contributed by atoms with Crippen LogP contribution >= 0.6 is 0 Å². The summed E-state index contributed by atoms with van der Waals surface area (Å²) >= 11 is 0. The van der Waals surface area contributed by atoms with Gasteiger partial charge in [0.1, 0.15) is 0 Å². The minimum absolute atomic E-state index is 0.107. The van der Waals surface area contributed by atoms with Crippen molar-refractivity contribution in [2.24, 2.45) is 0 Å². The molecule has 0 aliphatic carbocycles. The van der Waals surface area contributed by atoms with Crippen LogP contribution in [0.15, 0.2) is 6.20 Å². The third-order valence-electron chi connectivity index (χ3n) is 1.91. The van der Waals surface area contributed by atoms with E-state index in [1.54, 1.807) is 11.8 Å². The zero-order valence-corrected chi connectivity index (χ0v) is 9.95. The third-order valence-corrected chi connectivity index (χ3v) is 1.91. The van der Waals surface area contributed by atoms with E-state index in [2.05, 4.69) is 36.4 Å². The number of aromatic nitrogens is 3. The topological polar surface area (TPSA) is 52.0 Å². The van der Waals surface area contributed by atoms with E-state index in [0.29, 0.717) is 6.61 Å². The van der Waals surface area contributed by atoms with Crippen LogP contribution in [0.5, 0.6) is 0 Å². The predicted molar refractivity (Wildman–Crippen MR) is 58.5 cm³/mol. The minimum Gasteiger partial charge on any atom is -0.383 e. The average Bonchev–Trinajstić information content (AvgIpc) is 2.58. The number of hydrogen-bond acceptors (Lipinski definition) is 4. The highest BCUT2D eigenvalue weighted by molar-refractivity contribution is 4.92. The van der Waals surface area contributed by atoms with Gasteiger partial charge in [-0.3, -0.25) is 0 Å². The summed E-state index contributed by atoms with van der Waals surface area (Å²) < 4.78 is 6.76. The van der Waals surface area contributed by atoms with Crippen LogP contribution in [0.3, 0.4) is 0 Å². The first-order chi connectivity index (χ1) is 7.01. The van der Waals surface area contributed by atoms with Crippen LogP contribution in [-0.2, 0) is 17.8 Å². The Morgan fingerprint density at radius 1 is 1.47 bits per heavy atom. The van der Waals surface area contributed by atoms with Crippen LogP contribution in [0.1, 0.15) is 26.5 Å². The molecule has 1 N–H and O–H groups in total. The molecule has 0 saturated carbocycles. The Balaban J connectivity index is 2.39. The average molecular weight is 212 g/mol. The van der Waals surface area contributed by atoms with Gasteiger partial charge in [0.15, 0.2) is 0 Å². The number of nitrogens with one attached hydrogen (secondary N) is 1. The van der Waals surface area contributed by atoms with Crippen LogP contribution in [0, 0.1) is 0 Å². The van der Waals surface area contributed by atoms with E-state index in [9.17, 15) is 0 Å². The highest BCUT2D eigenvalue weighted by Gasteiger charge is 2.09. The molecule has 1 heterocycles. The predicted octanol–water partition coefficient (Wildman–Crippen LogP) is 0.813. The molecular weight excluding hydrogens is 192 g/mol. The fraction of sp³-hybridized carbons (Fsp3) is 0.800. The molecule has 0 saturated heterocycles. The Morgan fingerprint density at radius 3 is 2.80 bits per heavy atom. The number of methoxy groups -OCH3 is 1. The van der Waals surface area contributed by atoms with E-state index in [0.717, 1.165) is 18.8 Å². The second-order valence-corrected chi connectivity index (χ2v) is 4.57. The summed E-state index contributed by atoms with van der Waals surface area (Å²) in [7, 11) is 1.68. The smallest absolute Gasteiger partial charge is 0.0965 e. The van der Waals surface area contributed by atoms with Crippen molar-refractivity contribution < 1.29 is 4.74 Å². The van der Waals surface area contributed by atoms with Gasteiger partial charge in [0.2, 0.25) is 0 Å².